The summed E-state index contributed by atoms with van der Waals surface area (Å²) in [6.07, 6.45) is 17.3. The molecule has 0 heterocycles. The smallest absolute Gasteiger partial charge is 0.333 e. The third kappa shape index (κ3) is 11.5. The van der Waals surface area contributed by atoms with Gasteiger partial charge >= 0.3 is 5.97 Å². The van der Waals surface area contributed by atoms with Gasteiger partial charge < -0.3 is 4.74 Å². The fraction of sp³-hybridized carbons (Fsp3) is 0.773. The summed E-state index contributed by atoms with van der Waals surface area (Å²) in [6.45, 7) is 12.1. The number of unbranched alkanes of at least 4 members (excludes halogenated alkanes) is 4. The van der Waals surface area contributed by atoms with Crippen LogP contribution in [0.4, 0.5) is 0 Å². The van der Waals surface area contributed by atoms with Gasteiger partial charge in [0.2, 0.25) is 0 Å². The molecule has 0 N–H and O–H groups in total. The highest BCUT2D eigenvalue weighted by molar-refractivity contribution is 5.87. The fourth-order valence-corrected chi connectivity index (χ4v) is 3.06. The lowest BCUT2D eigenvalue weighted by molar-refractivity contribution is -0.147. The Kier molecular flexibility index (Phi) is 14.8. The Morgan fingerprint density at radius 1 is 0.958 bits per heavy atom. The van der Waals surface area contributed by atoms with Gasteiger partial charge in [0.05, 0.1) is 0 Å². The van der Waals surface area contributed by atoms with Crippen LogP contribution in [0.15, 0.2) is 24.3 Å². The van der Waals surface area contributed by atoms with E-state index in [2.05, 4.69) is 39.5 Å². The Morgan fingerprint density at radius 2 is 1.67 bits per heavy atom. The zero-order valence-corrected chi connectivity index (χ0v) is 16.6. The van der Waals surface area contributed by atoms with Crippen LogP contribution in [-0.2, 0) is 9.53 Å². The zero-order chi connectivity index (χ0) is 18.2. The van der Waals surface area contributed by atoms with Crippen molar-refractivity contribution in [2.45, 2.75) is 104 Å². The maximum Gasteiger partial charge on any atom is 0.333 e. The van der Waals surface area contributed by atoms with Crippen LogP contribution in [0.5, 0.6) is 0 Å². The Labute approximate surface area is 150 Å². The van der Waals surface area contributed by atoms with Crippen LogP contribution in [-0.4, -0.2) is 12.1 Å². The largest absolute Gasteiger partial charge is 0.459 e. The average Bonchev–Trinajstić information content (AvgIpc) is 2.56. The summed E-state index contributed by atoms with van der Waals surface area (Å²) in [5.41, 5.74) is 0.510. The molecule has 2 nitrogen and oxygen atoms in total. The first-order valence-electron chi connectivity index (χ1n) is 10.1. The SMILES string of the molecule is C=C(C)C(=O)OC(CCCCC)C(CCC)CCCCC=CCC. The lowest BCUT2D eigenvalue weighted by Crippen LogP contribution is -2.27. The number of esters is 1. The number of carbonyl (C=O) groups excluding carboxylic acids is 1. The summed E-state index contributed by atoms with van der Waals surface area (Å²) < 4.78 is 5.82. The number of carbonyl (C=O) groups is 1. The molecule has 0 aliphatic heterocycles. The summed E-state index contributed by atoms with van der Waals surface area (Å²) in [7, 11) is 0. The molecule has 0 spiro atoms. The van der Waals surface area contributed by atoms with Crippen molar-refractivity contribution in [2.75, 3.05) is 0 Å². The van der Waals surface area contributed by atoms with Gasteiger partial charge in [-0.05, 0) is 57.8 Å². The molecular weight excluding hydrogens is 296 g/mol. The van der Waals surface area contributed by atoms with E-state index in [1.54, 1.807) is 6.92 Å². The summed E-state index contributed by atoms with van der Waals surface area (Å²) >= 11 is 0. The lowest BCUT2D eigenvalue weighted by Gasteiger charge is -2.27. The van der Waals surface area contributed by atoms with Gasteiger partial charge in [0, 0.05) is 5.57 Å². The van der Waals surface area contributed by atoms with Crippen molar-refractivity contribution in [3.8, 4) is 0 Å². The third-order valence-corrected chi connectivity index (χ3v) is 4.48. The van der Waals surface area contributed by atoms with Crippen molar-refractivity contribution in [3.63, 3.8) is 0 Å². The van der Waals surface area contributed by atoms with Crippen LogP contribution in [0.2, 0.25) is 0 Å². The van der Waals surface area contributed by atoms with Crippen molar-refractivity contribution < 1.29 is 9.53 Å². The number of hydrogen-bond donors (Lipinski definition) is 0. The molecule has 0 saturated carbocycles. The van der Waals surface area contributed by atoms with Gasteiger partial charge in [-0.3, -0.25) is 0 Å². The predicted molar refractivity (Wildman–Crippen MR) is 105 cm³/mol. The molecular formula is C22H40O2. The van der Waals surface area contributed by atoms with Gasteiger partial charge in [-0.15, -0.1) is 0 Å². The van der Waals surface area contributed by atoms with Gasteiger partial charge in [-0.2, -0.15) is 0 Å². The first-order chi connectivity index (χ1) is 11.6. The van der Waals surface area contributed by atoms with Gasteiger partial charge in [0.15, 0.2) is 0 Å². The van der Waals surface area contributed by atoms with E-state index in [-0.39, 0.29) is 12.1 Å². The van der Waals surface area contributed by atoms with Crippen molar-refractivity contribution in [3.05, 3.63) is 24.3 Å². The van der Waals surface area contributed by atoms with Crippen LogP contribution in [0, 0.1) is 5.92 Å². The maximum absolute atomic E-state index is 12.0. The zero-order valence-electron chi connectivity index (χ0n) is 16.6. The average molecular weight is 337 g/mol. The Bertz CT molecular complexity index is 357. The normalized spacial score (nSPS) is 13.8. The predicted octanol–water partition coefficient (Wildman–Crippen LogP) is 7.00. The standard InChI is InChI=1S/C22H40O2/c1-6-9-11-12-13-15-17-20(16-8-3)21(18-14-10-7-2)24-22(23)19(4)5/h9,11,20-21H,4,6-8,10,12-18H2,1-3,5H3. The second-order valence-electron chi connectivity index (χ2n) is 6.93. The van der Waals surface area contributed by atoms with E-state index in [4.69, 9.17) is 4.74 Å². The molecule has 140 valence electrons. The monoisotopic (exact) mass is 336 g/mol. The highest BCUT2D eigenvalue weighted by Crippen LogP contribution is 2.26. The lowest BCUT2D eigenvalue weighted by atomic mass is 9.88. The topological polar surface area (TPSA) is 26.3 Å². The molecule has 0 aliphatic rings. The molecule has 0 aromatic carbocycles. The van der Waals surface area contributed by atoms with Gasteiger partial charge in [-0.1, -0.05) is 65.2 Å². The molecule has 0 bridgehead atoms. The summed E-state index contributed by atoms with van der Waals surface area (Å²) in [6, 6.07) is 0. The van der Waals surface area contributed by atoms with E-state index in [0.29, 0.717) is 11.5 Å². The van der Waals surface area contributed by atoms with E-state index >= 15 is 0 Å². The molecule has 0 radical (unpaired) electrons. The Balaban J connectivity index is 4.59. The molecule has 24 heavy (non-hydrogen) atoms. The minimum Gasteiger partial charge on any atom is -0.459 e. The number of allylic oxidation sites excluding steroid dienone is 2. The maximum atomic E-state index is 12.0. The van der Waals surface area contributed by atoms with E-state index < -0.39 is 0 Å². The molecule has 0 aromatic heterocycles. The van der Waals surface area contributed by atoms with Crippen molar-refractivity contribution >= 4 is 5.97 Å². The Hall–Kier alpha value is -1.05. The molecule has 2 heteroatoms. The number of ether oxygens (including phenoxy) is 1. The summed E-state index contributed by atoms with van der Waals surface area (Å²) in [5, 5.41) is 0. The molecule has 0 aliphatic carbocycles. The van der Waals surface area contributed by atoms with Crippen molar-refractivity contribution in [2.24, 2.45) is 5.92 Å². The second-order valence-corrected chi connectivity index (χ2v) is 6.93. The minimum absolute atomic E-state index is 0.0619. The van der Waals surface area contributed by atoms with Crippen molar-refractivity contribution in [1.82, 2.24) is 0 Å². The van der Waals surface area contributed by atoms with E-state index in [0.717, 1.165) is 38.5 Å². The third-order valence-electron chi connectivity index (χ3n) is 4.48. The molecule has 0 saturated heterocycles. The first kappa shape index (κ1) is 22.9. The highest BCUT2D eigenvalue weighted by Gasteiger charge is 2.24. The van der Waals surface area contributed by atoms with Crippen LogP contribution >= 0.6 is 0 Å². The van der Waals surface area contributed by atoms with Gasteiger partial charge in [0.1, 0.15) is 6.10 Å². The Morgan fingerprint density at radius 3 is 2.25 bits per heavy atom. The molecule has 2 unspecified atom stereocenters. The minimum atomic E-state index is -0.219. The molecule has 0 aromatic rings. The van der Waals surface area contributed by atoms with Crippen LogP contribution < -0.4 is 0 Å². The van der Waals surface area contributed by atoms with Crippen LogP contribution in [0.3, 0.4) is 0 Å². The second kappa shape index (κ2) is 15.5. The van der Waals surface area contributed by atoms with Gasteiger partial charge in [-0.25, -0.2) is 4.79 Å². The van der Waals surface area contributed by atoms with E-state index in [1.807, 2.05) is 0 Å². The summed E-state index contributed by atoms with van der Waals surface area (Å²) in [4.78, 5) is 12.0. The molecule has 0 rings (SSSR count). The highest BCUT2D eigenvalue weighted by atomic mass is 16.5. The van der Waals surface area contributed by atoms with E-state index in [9.17, 15) is 4.79 Å². The van der Waals surface area contributed by atoms with Crippen molar-refractivity contribution in [1.29, 1.82) is 0 Å². The summed E-state index contributed by atoms with van der Waals surface area (Å²) in [5.74, 6) is 0.272. The van der Waals surface area contributed by atoms with E-state index in [1.165, 1.54) is 32.1 Å². The molecule has 0 amide bonds. The first-order valence-corrected chi connectivity index (χ1v) is 10.1. The van der Waals surface area contributed by atoms with Crippen LogP contribution in [0.25, 0.3) is 0 Å². The molecule has 0 fully saturated rings. The number of hydrogen-bond acceptors (Lipinski definition) is 2. The quantitative estimate of drug-likeness (QED) is 0.139. The fourth-order valence-electron chi connectivity index (χ4n) is 3.06. The molecule has 2 atom stereocenters. The number of rotatable bonds is 15. The van der Waals surface area contributed by atoms with Crippen LogP contribution in [0.1, 0.15) is 98.3 Å². The van der Waals surface area contributed by atoms with Gasteiger partial charge in [0.25, 0.3) is 0 Å².